The van der Waals surface area contributed by atoms with Crippen molar-refractivity contribution in [2.45, 2.75) is 25.6 Å². The zero-order valence-electron chi connectivity index (χ0n) is 16.2. The Balaban J connectivity index is 1.39. The molecule has 0 unspecified atom stereocenters. The third kappa shape index (κ3) is 4.52. The number of benzene rings is 1. The Bertz CT molecular complexity index is 886. The van der Waals surface area contributed by atoms with E-state index in [4.69, 9.17) is 9.47 Å². The molecule has 2 aromatic rings. The lowest BCUT2D eigenvalue weighted by Crippen LogP contribution is -2.47. The Labute approximate surface area is 168 Å². The second kappa shape index (κ2) is 8.14. The first-order chi connectivity index (χ1) is 14.0. The third-order valence-corrected chi connectivity index (χ3v) is 4.99. The van der Waals surface area contributed by atoms with Crippen LogP contribution in [0.1, 0.15) is 30.3 Å². The summed E-state index contributed by atoms with van der Waals surface area (Å²) in [6.07, 6.45) is 2.70. The van der Waals surface area contributed by atoms with Crippen molar-refractivity contribution in [2.24, 2.45) is 0 Å². The van der Waals surface area contributed by atoms with Gasteiger partial charge in [0.25, 0.3) is 5.91 Å². The maximum atomic E-state index is 12.8. The summed E-state index contributed by atoms with van der Waals surface area (Å²) >= 11 is 0. The minimum Gasteiger partial charge on any atom is -0.347 e. The van der Waals surface area contributed by atoms with Crippen LogP contribution in [0.15, 0.2) is 36.7 Å². The molecule has 9 nitrogen and oxygen atoms in total. The number of amides is 2. The lowest BCUT2D eigenvalue weighted by atomic mass is 10.0. The summed E-state index contributed by atoms with van der Waals surface area (Å²) in [5, 5.41) is 5.86. The van der Waals surface area contributed by atoms with Gasteiger partial charge in [-0.25, -0.2) is 9.97 Å². The number of nitrogens with zero attached hydrogens (tertiary/aromatic N) is 3. The number of aromatic nitrogens is 2. The second-order valence-corrected chi connectivity index (χ2v) is 7.07. The Hall–Kier alpha value is -3.04. The molecule has 2 aliphatic rings. The fraction of sp³-hybridized carbons (Fsp3) is 0.400. The molecule has 2 aliphatic heterocycles. The van der Waals surface area contributed by atoms with Crippen LogP contribution in [0.25, 0.3) is 0 Å². The van der Waals surface area contributed by atoms with Crippen LogP contribution in [0.4, 0.5) is 17.2 Å². The molecule has 1 aromatic heterocycles. The number of nitrogens with one attached hydrogen (secondary N) is 2. The number of hydrogen-bond acceptors (Lipinski definition) is 7. The van der Waals surface area contributed by atoms with Gasteiger partial charge in [-0.15, -0.1) is 0 Å². The van der Waals surface area contributed by atoms with Crippen LogP contribution in [0.5, 0.6) is 0 Å². The van der Waals surface area contributed by atoms with Gasteiger partial charge < -0.3 is 25.0 Å². The first kappa shape index (κ1) is 19.3. The molecule has 0 aliphatic carbocycles. The van der Waals surface area contributed by atoms with Gasteiger partial charge in [0.15, 0.2) is 5.79 Å². The normalized spacial score (nSPS) is 17.9. The Morgan fingerprint density at radius 2 is 1.69 bits per heavy atom. The van der Waals surface area contributed by atoms with Gasteiger partial charge in [0, 0.05) is 50.3 Å². The number of ether oxygens (including phenoxy) is 2. The van der Waals surface area contributed by atoms with E-state index < -0.39 is 5.79 Å². The van der Waals surface area contributed by atoms with Crippen LogP contribution in [-0.4, -0.2) is 58.8 Å². The van der Waals surface area contributed by atoms with Crippen molar-refractivity contribution in [2.75, 3.05) is 36.9 Å². The number of carbonyl (C=O) groups excluding carboxylic acids is 2. The summed E-state index contributed by atoms with van der Waals surface area (Å²) in [6, 6.07) is 8.85. The molecule has 0 radical (unpaired) electrons. The SMILES string of the molecule is CC(=O)Nc1ccc(Nc2cc(C(=O)N3CCC4(CC3)OCCO4)ncn2)cc1. The van der Waals surface area contributed by atoms with Crippen LogP contribution in [0, 0.1) is 0 Å². The van der Waals surface area contributed by atoms with Gasteiger partial charge in [0.2, 0.25) is 5.91 Å². The maximum Gasteiger partial charge on any atom is 0.272 e. The van der Waals surface area contributed by atoms with E-state index in [0.717, 1.165) is 5.69 Å². The lowest BCUT2D eigenvalue weighted by Gasteiger charge is -2.37. The molecule has 1 spiro atoms. The van der Waals surface area contributed by atoms with Crippen molar-refractivity contribution in [3.8, 4) is 0 Å². The molecule has 29 heavy (non-hydrogen) atoms. The van der Waals surface area contributed by atoms with Crippen LogP contribution in [0.3, 0.4) is 0 Å². The molecule has 1 aromatic carbocycles. The maximum absolute atomic E-state index is 12.8. The Morgan fingerprint density at radius 3 is 2.34 bits per heavy atom. The second-order valence-electron chi connectivity index (χ2n) is 7.07. The van der Waals surface area contributed by atoms with E-state index in [9.17, 15) is 9.59 Å². The number of carbonyl (C=O) groups is 2. The summed E-state index contributed by atoms with van der Waals surface area (Å²) in [7, 11) is 0. The van der Waals surface area contributed by atoms with Gasteiger partial charge in [-0.3, -0.25) is 9.59 Å². The van der Waals surface area contributed by atoms with E-state index in [1.807, 2.05) is 12.1 Å². The molecule has 9 heteroatoms. The van der Waals surface area contributed by atoms with Crippen molar-refractivity contribution >= 4 is 29.0 Å². The van der Waals surface area contributed by atoms with E-state index in [2.05, 4.69) is 20.6 Å². The molecular formula is C20H23N5O4. The predicted octanol–water partition coefficient (Wildman–Crippen LogP) is 2.16. The zero-order chi connectivity index (χ0) is 20.3. The van der Waals surface area contributed by atoms with Crippen molar-refractivity contribution in [3.63, 3.8) is 0 Å². The van der Waals surface area contributed by atoms with Gasteiger partial charge in [-0.05, 0) is 24.3 Å². The van der Waals surface area contributed by atoms with Crippen LogP contribution in [-0.2, 0) is 14.3 Å². The fourth-order valence-corrected chi connectivity index (χ4v) is 3.53. The van der Waals surface area contributed by atoms with E-state index >= 15 is 0 Å². The Morgan fingerprint density at radius 1 is 1.03 bits per heavy atom. The summed E-state index contributed by atoms with van der Waals surface area (Å²) < 4.78 is 11.4. The average Bonchev–Trinajstić information content (AvgIpc) is 3.17. The molecule has 4 rings (SSSR count). The summed E-state index contributed by atoms with van der Waals surface area (Å²) in [5.74, 6) is -0.256. The summed E-state index contributed by atoms with van der Waals surface area (Å²) in [5.41, 5.74) is 1.83. The predicted molar refractivity (Wildman–Crippen MR) is 106 cm³/mol. The van der Waals surface area contributed by atoms with Crippen molar-refractivity contribution < 1.29 is 19.1 Å². The van der Waals surface area contributed by atoms with E-state index in [1.165, 1.54) is 13.3 Å². The standard InChI is InChI=1S/C20H23N5O4/c1-14(26)23-15-2-4-16(5-3-15)24-18-12-17(21-13-22-18)19(27)25-8-6-20(7-9-25)28-10-11-29-20/h2-5,12-13H,6-11H2,1H3,(H,23,26)(H,21,22,24). The lowest BCUT2D eigenvalue weighted by molar-refractivity contribution is -0.181. The highest BCUT2D eigenvalue weighted by Gasteiger charge is 2.41. The van der Waals surface area contributed by atoms with Gasteiger partial charge >= 0.3 is 0 Å². The third-order valence-electron chi connectivity index (χ3n) is 4.99. The molecule has 0 saturated carbocycles. The van der Waals surface area contributed by atoms with E-state index in [1.54, 1.807) is 23.1 Å². The quantitative estimate of drug-likeness (QED) is 0.814. The minimum absolute atomic E-state index is 0.126. The molecule has 2 N–H and O–H groups in total. The number of piperidine rings is 1. The monoisotopic (exact) mass is 397 g/mol. The van der Waals surface area contributed by atoms with Crippen LogP contribution >= 0.6 is 0 Å². The average molecular weight is 397 g/mol. The molecule has 3 heterocycles. The van der Waals surface area contributed by atoms with Gasteiger partial charge in [-0.1, -0.05) is 0 Å². The van der Waals surface area contributed by atoms with Gasteiger partial charge in [0.05, 0.1) is 13.2 Å². The minimum atomic E-state index is -0.515. The highest BCUT2D eigenvalue weighted by molar-refractivity contribution is 5.93. The van der Waals surface area contributed by atoms with Crippen molar-refractivity contribution in [1.29, 1.82) is 0 Å². The number of hydrogen-bond donors (Lipinski definition) is 2. The molecule has 2 amide bonds. The van der Waals surface area contributed by atoms with Crippen LogP contribution < -0.4 is 10.6 Å². The topological polar surface area (TPSA) is 106 Å². The largest absolute Gasteiger partial charge is 0.347 e. The zero-order valence-corrected chi connectivity index (χ0v) is 16.2. The Kier molecular flexibility index (Phi) is 5.41. The smallest absolute Gasteiger partial charge is 0.272 e. The first-order valence-corrected chi connectivity index (χ1v) is 9.57. The van der Waals surface area contributed by atoms with E-state index in [0.29, 0.717) is 56.3 Å². The molecule has 2 saturated heterocycles. The number of likely N-dealkylation sites (tertiary alicyclic amines) is 1. The molecule has 0 bridgehead atoms. The molecule has 152 valence electrons. The highest BCUT2D eigenvalue weighted by Crippen LogP contribution is 2.31. The van der Waals surface area contributed by atoms with E-state index in [-0.39, 0.29) is 11.8 Å². The fourth-order valence-electron chi connectivity index (χ4n) is 3.53. The molecule has 0 atom stereocenters. The number of rotatable bonds is 4. The molecule has 2 fully saturated rings. The first-order valence-electron chi connectivity index (χ1n) is 9.57. The van der Waals surface area contributed by atoms with Crippen molar-refractivity contribution in [3.05, 3.63) is 42.4 Å². The highest BCUT2D eigenvalue weighted by atomic mass is 16.7. The summed E-state index contributed by atoms with van der Waals surface area (Å²) in [4.78, 5) is 34.0. The number of anilines is 3. The molecular weight excluding hydrogens is 374 g/mol. The van der Waals surface area contributed by atoms with Crippen LogP contribution in [0.2, 0.25) is 0 Å². The van der Waals surface area contributed by atoms with Crippen molar-refractivity contribution in [1.82, 2.24) is 14.9 Å². The van der Waals surface area contributed by atoms with Gasteiger partial charge in [0.1, 0.15) is 17.8 Å². The van der Waals surface area contributed by atoms with Gasteiger partial charge in [-0.2, -0.15) is 0 Å². The summed E-state index contributed by atoms with van der Waals surface area (Å²) in [6.45, 7) is 3.81.